The first-order valence-electron chi connectivity index (χ1n) is 5.39. The van der Waals surface area contributed by atoms with Crippen LogP contribution in [0.5, 0.6) is 0 Å². The zero-order chi connectivity index (χ0) is 10.5. The lowest BCUT2D eigenvalue weighted by Gasteiger charge is -2.11. The SMILES string of the molecule is CC1=C(SCc2ccccc2)C=CCC1. The minimum atomic E-state index is 1.08. The van der Waals surface area contributed by atoms with Crippen molar-refractivity contribution in [2.75, 3.05) is 0 Å². The Morgan fingerprint density at radius 2 is 2.00 bits per heavy atom. The molecule has 0 saturated heterocycles. The summed E-state index contributed by atoms with van der Waals surface area (Å²) in [7, 11) is 0. The number of allylic oxidation sites excluding steroid dienone is 3. The minimum absolute atomic E-state index is 1.08. The van der Waals surface area contributed by atoms with Crippen molar-refractivity contribution >= 4 is 11.8 Å². The number of rotatable bonds is 3. The Labute approximate surface area is 96.1 Å². The van der Waals surface area contributed by atoms with Crippen molar-refractivity contribution in [3.8, 4) is 0 Å². The van der Waals surface area contributed by atoms with E-state index in [1.54, 1.807) is 5.57 Å². The molecule has 0 fully saturated rings. The molecule has 0 heterocycles. The summed E-state index contributed by atoms with van der Waals surface area (Å²) in [5, 5.41) is 0. The Morgan fingerprint density at radius 3 is 2.73 bits per heavy atom. The molecule has 0 atom stereocenters. The first kappa shape index (κ1) is 10.6. The summed E-state index contributed by atoms with van der Waals surface area (Å²) in [6, 6.07) is 10.7. The van der Waals surface area contributed by atoms with E-state index >= 15 is 0 Å². The van der Waals surface area contributed by atoms with Gasteiger partial charge in [0.1, 0.15) is 0 Å². The van der Waals surface area contributed by atoms with E-state index in [2.05, 4.69) is 49.4 Å². The van der Waals surface area contributed by atoms with Crippen LogP contribution in [0.2, 0.25) is 0 Å². The van der Waals surface area contributed by atoms with Gasteiger partial charge < -0.3 is 0 Å². The highest BCUT2D eigenvalue weighted by Crippen LogP contribution is 2.30. The lowest BCUT2D eigenvalue weighted by Crippen LogP contribution is -1.89. The molecule has 0 spiro atoms. The lowest BCUT2D eigenvalue weighted by molar-refractivity contribution is 0.957. The van der Waals surface area contributed by atoms with Gasteiger partial charge in [-0.3, -0.25) is 0 Å². The average Bonchev–Trinajstić information content (AvgIpc) is 2.29. The third-order valence-electron chi connectivity index (χ3n) is 2.61. The first-order chi connectivity index (χ1) is 7.36. The van der Waals surface area contributed by atoms with E-state index in [1.807, 2.05) is 11.8 Å². The number of benzene rings is 1. The zero-order valence-electron chi connectivity index (χ0n) is 9.07. The van der Waals surface area contributed by atoms with Crippen molar-refractivity contribution in [1.29, 1.82) is 0 Å². The molecule has 15 heavy (non-hydrogen) atoms. The van der Waals surface area contributed by atoms with Crippen LogP contribution < -0.4 is 0 Å². The van der Waals surface area contributed by atoms with E-state index < -0.39 is 0 Å². The van der Waals surface area contributed by atoms with E-state index in [4.69, 9.17) is 0 Å². The summed E-state index contributed by atoms with van der Waals surface area (Å²) in [6.07, 6.45) is 6.99. The smallest absolute Gasteiger partial charge is 0.0231 e. The summed E-state index contributed by atoms with van der Waals surface area (Å²) >= 11 is 1.95. The van der Waals surface area contributed by atoms with Gasteiger partial charge in [0.15, 0.2) is 0 Å². The van der Waals surface area contributed by atoms with Crippen LogP contribution in [0.25, 0.3) is 0 Å². The molecule has 1 aliphatic carbocycles. The van der Waals surface area contributed by atoms with Gasteiger partial charge in [0.2, 0.25) is 0 Å². The molecule has 0 amide bonds. The van der Waals surface area contributed by atoms with Crippen molar-refractivity contribution in [3.05, 3.63) is 58.5 Å². The fraction of sp³-hybridized carbons (Fsp3) is 0.286. The molecule has 2 rings (SSSR count). The Morgan fingerprint density at radius 1 is 1.20 bits per heavy atom. The molecule has 0 radical (unpaired) electrons. The Bertz CT molecular complexity index is 374. The highest BCUT2D eigenvalue weighted by Gasteiger charge is 2.04. The van der Waals surface area contributed by atoms with Gasteiger partial charge in [-0.05, 0) is 25.3 Å². The number of thioether (sulfide) groups is 1. The van der Waals surface area contributed by atoms with E-state index in [0.29, 0.717) is 0 Å². The van der Waals surface area contributed by atoms with E-state index in [1.165, 1.54) is 23.3 Å². The van der Waals surface area contributed by atoms with Crippen LogP contribution in [0.4, 0.5) is 0 Å². The fourth-order valence-corrected chi connectivity index (χ4v) is 2.72. The van der Waals surface area contributed by atoms with Gasteiger partial charge in [0, 0.05) is 10.7 Å². The molecule has 0 saturated carbocycles. The second kappa shape index (κ2) is 5.22. The van der Waals surface area contributed by atoms with Gasteiger partial charge in [-0.2, -0.15) is 0 Å². The molecular formula is C14H16S. The monoisotopic (exact) mass is 216 g/mol. The highest BCUT2D eigenvalue weighted by atomic mass is 32.2. The lowest BCUT2D eigenvalue weighted by atomic mass is 10.1. The summed E-state index contributed by atoms with van der Waals surface area (Å²) < 4.78 is 0. The van der Waals surface area contributed by atoms with Crippen LogP contribution in [0.3, 0.4) is 0 Å². The van der Waals surface area contributed by atoms with Crippen LogP contribution in [-0.2, 0) is 5.75 Å². The van der Waals surface area contributed by atoms with E-state index in [0.717, 1.165) is 5.75 Å². The Balaban J connectivity index is 1.96. The Kier molecular flexibility index (Phi) is 3.68. The maximum absolute atomic E-state index is 2.28. The molecule has 0 unspecified atom stereocenters. The standard InChI is InChI=1S/C14H16S/c1-12-7-5-6-10-14(12)15-11-13-8-3-2-4-9-13/h2-4,6,8-10H,5,7,11H2,1H3. The molecular weight excluding hydrogens is 200 g/mol. The van der Waals surface area contributed by atoms with Crippen molar-refractivity contribution in [2.45, 2.75) is 25.5 Å². The fourth-order valence-electron chi connectivity index (χ4n) is 1.66. The molecule has 1 aromatic rings. The summed E-state index contributed by atoms with van der Waals surface area (Å²) in [5.41, 5.74) is 2.94. The van der Waals surface area contributed by atoms with Gasteiger partial charge in [-0.25, -0.2) is 0 Å². The predicted molar refractivity (Wildman–Crippen MR) is 68.8 cm³/mol. The first-order valence-corrected chi connectivity index (χ1v) is 6.38. The van der Waals surface area contributed by atoms with Crippen LogP contribution in [0, 0.1) is 0 Å². The van der Waals surface area contributed by atoms with Gasteiger partial charge in [-0.1, -0.05) is 48.1 Å². The van der Waals surface area contributed by atoms with Crippen LogP contribution >= 0.6 is 11.8 Å². The largest absolute Gasteiger partial charge is 0.121 e. The van der Waals surface area contributed by atoms with Crippen molar-refractivity contribution in [1.82, 2.24) is 0 Å². The van der Waals surface area contributed by atoms with Crippen LogP contribution in [0.15, 0.2) is 53.0 Å². The Hall–Kier alpha value is -0.950. The van der Waals surface area contributed by atoms with Gasteiger partial charge >= 0.3 is 0 Å². The number of hydrogen-bond acceptors (Lipinski definition) is 1. The molecule has 0 aromatic heterocycles. The topological polar surface area (TPSA) is 0 Å². The highest BCUT2D eigenvalue weighted by molar-refractivity contribution is 8.02. The van der Waals surface area contributed by atoms with E-state index in [-0.39, 0.29) is 0 Å². The second-order valence-electron chi connectivity index (χ2n) is 3.86. The zero-order valence-corrected chi connectivity index (χ0v) is 9.89. The number of hydrogen-bond donors (Lipinski definition) is 0. The molecule has 78 valence electrons. The summed E-state index contributed by atoms with van der Waals surface area (Å²) in [4.78, 5) is 1.46. The average molecular weight is 216 g/mol. The predicted octanol–water partition coefficient (Wildman–Crippen LogP) is 4.54. The van der Waals surface area contributed by atoms with Crippen molar-refractivity contribution < 1.29 is 0 Å². The molecule has 0 N–H and O–H groups in total. The maximum Gasteiger partial charge on any atom is 0.0231 e. The van der Waals surface area contributed by atoms with Gasteiger partial charge in [0.05, 0.1) is 0 Å². The molecule has 1 aromatic carbocycles. The van der Waals surface area contributed by atoms with Crippen LogP contribution in [-0.4, -0.2) is 0 Å². The molecule has 1 aliphatic rings. The van der Waals surface area contributed by atoms with Crippen molar-refractivity contribution in [2.24, 2.45) is 0 Å². The summed E-state index contributed by atoms with van der Waals surface area (Å²) in [6.45, 7) is 2.25. The molecule has 0 nitrogen and oxygen atoms in total. The molecule has 0 bridgehead atoms. The van der Waals surface area contributed by atoms with Gasteiger partial charge in [-0.15, -0.1) is 11.8 Å². The second-order valence-corrected chi connectivity index (χ2v) is 4.88. The molecule has 0 aliphatic heterocycles. The third-order valence-corrected chi connectivity index (χ3v) is 3.89. The quantitative estimate of drug-likeness (QED) is 0.714. The van der Waals surface area contributed by atoms with Crippen molar-refractivity contribution in [3.63, 3.8) is 0 Å². The maximum atomic E-state index is 2.28. The normalized spacial score (nSPS) is 15.8. The van der Waals surface area contributed by atoms with E-state index in [9.17, 15) is 0 Å². The third kappa shape index (κ3) is 3.00. The summed E-state index contributed by atoms with van der Waals surface area (Å²) in [5.74, 6) is 1.08. The van der Waals surface area contributed by atoms with Gasteiger partial charge in [0.25, 0.3) is 0 Å². The molecule has 1 heteroatoms. The van der Waals surface area contributed by atoms with Crippen LogP contribution in [0.1, 0.15) is 25.3 Å². The minimum Gasteiger partial charge on any atom is -0.121 e.